The van der Waals surface area contributed by atoms with Crippen LogP contribution in [0.2, 0.25) is 0 Å². The zero-order valence-electron chi connectivity index (χ0n) is 16.3. The molecule has 1 N–H and O–H groups in total. The standard InChI is InChI=1S/C21H21N7O/c1-13-6-7-15(11-23-13)19-24-14(2)18-20(26-19)28(16-8-10-27(18)12-16)21(29)25-17-5-3-4-9-22-17/h3-7,9,11,16H,8,10,12H2,1-2H3,(H,22,25,29)/t16-/m0/s1. The minimum absolute atomic E-state index is 0.0736. The Labute approximate surface area is 168 Å². The predicted molar refractivity (Wildman–Crippen MR) is 111 cm³/mol. The third-order valence-electron chi connectivity index (χ3n) is 5.40. The molecule has 8 heteroatoms. The van der Waals surface area contributed by atoms with Crippen molar-refractivity contribution < 1.29 is 4.79 Å². The number of amides is 2. The van der Waals surface area contributed by atoms with Crippen LogP contribution in [-0.2, 0) is 0 Å². The Morgan fingerprint density at radius 1 is 1.14 bits per heavy atom. The van der Waals surface area contributed by atoms with Gasteiger partial charge >= 0.3 is 6.03 Å². The second kappa shape index (κ2) is 6.80. The molecule has 0 spiro atoms. The van der Waals surface area contributed by atoms with Crippen molar-refractivity contribution in [3.63, 3.8) is 0 Å². The minimum atomic E-state index is -0.220. The highest BCUT2D eigenvalue weighted by Gasteiger charge is 2.41. The highest BCUT2D eigenvalue weighted by molar-refractivity contribution is 6.04. The lowest BCUT2D eigenvalue weighted by Gasteiger charge is -2.36. The number of nitrogens with one attached hydrogen (secondary N) is 1. The van der Waals surface area contributed by atoms with Crippen LogP contribution in [0.5, 0.6) is 0 Å². The number of carbonyl (C=O) groups excluding carboxylic acids is 1. The number of pyridine rings is 2. The number of hydrogen-bond donors (Lipinski definition) is 1. The molecule has 29 heavy (non-hydrogen) atoms. The van der Waals surface area contributed by atoms with Gasteiger partial charge in [-0.15, -0.1) is 0 Å². The van der Waals surface area contributed by atoms with Crippen LogP contribution in [0, 0.1) is 13.8 Å². The van der Waals surface area contributed by atoms with E-state index in [9.17, 15) is 4.79 Å². The maximum Gasteiger partial charge on any atom is 0.329 e. The Hall–Kier alpha value is -3.55. The normalized spacial score (nSPS) is 17.2. The van der Waals surface area contributed by atoms with Gasteiger partial charge in [0.2, 0.25) is 0 Å². The maximum atomic E-state index is 13.2. The molecular formula is C21H21N7O. The highest BCUT2D eigenvalue weighted by Crippen LogP contribution is 2.41. The predicted octanol–water partition coefficient (Wildman–Crippen LogP) is 3.18. The van der Waals surface area contributed by atoms with E-state index in [2.05, 4.69) is 20.2 Å². The summed E-state index contributed by atoms with van der Waals surface area (Å²) in [5.41, 5.74) is 3.56. The first-order valence-corrected chi connectivity index (χ1v) is 9.68. The smallest absolute Gasteiger partial charge is 0.329 e. The summed E-state index contributed by atoms with van der Waals surface area (Å²) in [7, 11) is 0. The Bertz CT molecular complexity index is 1070. The van der Waals surface area contributed by atoms with Gasteiger partial charge in [-0.3, -0.25) is 15.2 Å². The molecule has 5 rings (SSSR count). The number of carbonyl (C=O) groups is 1. The van der Waals surface area contributed by atoms with Gasteiger partial charge in [0.15, 0.2) is 11.6 Å². The van der Waals surface area contributed by atoms with Crippen molar-refractivity contribution in [3.05, 3.63) is 54.1 Å². The second-order valence-corrected chi connectivity index (χ2v) is 7.40. The van der Waals surface area contributed by atoms with Crippen molar-refractivity contribution in [2.45, 2.75) is 26.3 Å². The lowest BCUT2D eigenvalue weighted by Crippen LogP contribution is -2.48. The number of urea groups is 1. The maximum absolute atomic E-state index is 13.2. The summed E-state index contributed by atoms with van der Waals surface area (Å²) in [6.45, 7) is 5.59. The Kier molecular flexibility index (Phi) is 4.12. The van der Waals surface area contributed by atoms with E-state index in [0.717, 1.165) is 42.1 Å². The van der Waals surface area contributed by atoms with Gasteiger partial charge in [-0.25, -0.2) is 19.7 Å². The zero-order chi connectivity index (χ0) is 20.0. The molecule has 0 aliphatic carbocycles. The molecule has 3 aromatic heterocycles. The lowest BCUT2D eigenvalue weighted by atomic mass is 10.1. The van der Waals surface area contributed by atoms with E-state index in [0.29, 0.717) is 17.5 Å². The molecule has 1 saturated heterocycles. The van der Waals surface area contributed by atoms with Crippen LogP contribution in [0.15, 0.2) is 42.7 Å². The molecule has 1 fully saturated rings. The highest BCUT2D eigenvalue weighted by atomic mass is 16.2. The monoisotopic (exact) mass is 387 g/mol. The van der Waals surface area contributed by atoms with Gasteiger partial charge in [-0.05, 0) is 44.5 Å². The molecule has 2 bridgehead atoms. The Morgan fingerprint density at radius 2 is 2.03 bits per heavy atom. The van der Waals surface area contributed by atoms with Gasteiger partial charge in [0, 0.05) is 36.7 Å². The van der Waals surface area contributed by atoms with Crippen molar-refractivity contribution in [3.8, 4) is 11.4 Å². The first-order valence-electron chi connectivity index (χ1n) is 9.68. The fourth-order valence-electron chi connectivity index (χ4n) is 4.02. The average Bonchev–Trinajstić information content (AvgIpc) is 3.12. The molecule has 2 aliphatic heterocycles. The van der Waals surface area contributed by atoms with E-state index in [1.54, 1.807) is 23.4 Å². The first-order chi connectivity index (χ1) is 14.1. The van der Waals surface area contributed by atoms with Crippen molar-refractivity contribution in [1.82, 2.24) is 19.9 Å². The number of rotatable bonds is 2. The average molecular weight is 387 g/mol. The van der Waals surface area contributed by atoms with Gasteiger partial charge in [0.25, 0.3) is 0 Å². The van der Waals surface area contributed by atoms with Crippen LogP contribution in [0.1, 0.15) is 17.8 Å². The van der Waals surface area contributed by atoms with E-state index in [-0.39, 0.29) is 12.1 Å². The van der Waals surface area contributed by atoms with Crippen LogP contribution < -0.4 is 15.1 Å². The summed E-state index contributed by atoms with van der Waals surface area (Å²) in [5, 5.41) is 2.91. The van der Waals surface area contributed by atoms with E-state index < -0.39 is 0 Å². The summed E-state index contributed by atoms with van der Waals surface area (Å²) in [6, 6.07) is 9.19. The van der Waals surface area contributed by atoms with E-state index in [1.807, 2.05) is 38.1 Å². The third kappa shape index (κ3) is 3.06. The van der Waals surface area contributed by atoms with Crippen molar-refractivity contribution in [2.75, 3.05) is 28.2 Å². The number of nitrogens with zero attached hydrogens (tertiary/aromatic N) is 6. The summed E-state index contributed by atoms with van der Waals surface area (Å²) in [6.07, 6.45) is 4.32. The Balaban J connectivity index is 1.58. The molecule has 3 aromatic rings. The van der Waals surface area contributed by atoms with Gasteiger partial charge in [0.05, 0.1) is 11.7 Å². The molecule has 5 heterocycles. The molecule has 2 amide bonds. The lowest BCUT2D eigenvalue weighted by molar-refractivity contribution is 0.254. The Morgan fingerprint density at radius 3 is 2.79 bits per heavy atom. The van der Waals surface area contributed by atoms with Gasteiger partial charge < -0.3 is 4.90 Å². The number of fused-ring (bicyclic) bond motifs is 4. The summed E-state index contributed by atoms with van der Waals surface area (Å²) >= 11 is 0. The topological polar surface area (TPSA) is 87.1 Å². The fourth-order valence-corrected chi connectivity index (χ4v) is 4.02. The minimum Gasteiger partial charge on any atom is -0.365 e. The van der Waals surface area contributed by atoms with Crippen molar-refractivity contribution in [2.24, 2.45) is 0 Å². The second-order valence-electron chi connectivity index (χ2n) is 7.40. The molecule has 0 saturated carbocycles. The van der Waals surface area contributed by atoms with Gasteiger partial charge in [0.1, 0.15) is 11.5 Å². The zero-order valence-corrected chi connectivity index (χ0v) is 16.3. The molecule has 146 valence electrons. The molecule has 0 unspecified atom stereocenters. The van der Waals surface area contributed by atoms with Crippen LogP contribution in [0.4, 0.5) is 22.1 Å². The van der Waals surface area contributed by atoms with E-state index in [4.69, 9.17) is 9.97 Å². The molecular weight excluding hydrogens is 366 g/mol. The SMILES string of the molecule is Cc1ccc(-c2nc(C)c3c(n2)N(C(=O)Nc2ccccn2)[C@H]2CCN3C2)cn1. The van der Waals surface area contributed by atoms with Gasteiger partial charge in [-0.2, -0.15) is 0 Å². The third-order valence-corrected chi connectivity index (χ3v) is 5.40. The number of aromatic nitrogens is 4. The van der Waals surface area contributed by atoms with Crippen LogP contribution in [0.25, 0.3) is 11.4 Å². The molecule has 8 nitrogen and oxygen atoms in total. The summed E-state index contributed by atoms with van der Waals surface area (Å²) in [5.74, 6) is 1.75. The fraction of sp³-hybridized carbons (Fsp3) is 0.286. The van der Waals surface area contributed by atoms with Crippen molar-refractivity contribution >= 4 is 23.4 Å². The molecule has 1 atom stereocenters. The summed E-state index contributed by atoms with van der Waals surface area (Å²) in [4.78, 5) is 35.3. The van der Waals surface area contributed by atoms with E-state index in [1.165, 1.54) is 0 Å². The van der Waals surface area contributed by atoms with Crippen molar-refractivity contribution in [1.29, 1.82) is 0 Å². The van der Waals surface area contributed by atoms with E-state index >= 15 is 0 Å². The molecule has 0 radical (unpaired) electrons. The molecule has 2 aliphatic rings. The number of aryl methyl sites for hydroxylation is 2. The van der Waals surface area contributed by atoms with Crippen LogP contribution in [-0.4, -0.2) is 45.1 Å². The molecule has 0 aromatic carbocycles. The number of hydrogen-bond acceptors (Lipinski definition) is 6. The number of anilines is 3. The van der Waals surface area contributed by atoms with Gasteiger partial charge in [-0.1, -0.05) is 6.07 Å². The van der Waals surface area contributed by atoms with Crippen LogP contribution >= 0.6 is 0 Å². The first kappa shape index (κ1) is 17.5. The van der Waals surface area contributed by atoms with Crippen LogP contribution in [0.3, 0.4) is 0 Å². The largest absolute Gasteiger partial charge is 0.365 e. The quantitative estimate of drug-likeness (QED) is 0.727. The summed E-state index contributed by atoms with van der Waals surface area (Å²) < 4.78 is 0.